The van der Waals surface area contributed by atoms with Crippen molar-refractivity contribution >= 4 is 28.4 Å². The molecule has 25 heavy (non-hydrogen) atoms. The van der Waals surface area contributed by atoms with Gasteiger partial charge in [-0.15, -0.1) is 10.2 Å². The first-order chi connectivity index (χ1) is 12.2. The zero-order chi connectivity index (χ0) is 17.2. The first-order valence-electron chi connectivity index (χ1n) is 8.11. The minimum atomic E-state index is 0.545. The summed E-state index contributed by atoms with van der Waals surface area (Å²) < 4.78 is 1.78. The largest absolute Gasteiger partial charge is 0.265 e. The van der Waals surface area contributed by atoms with E-state index < -0.39 is 0 Å². The minimum absolute atomic E-state index is 0.545. The molecule has 0 N–H and O–H groups in total. The Morgan fingerprint density at radius 3 is 2.44 bits per heavy atom. The van der Waals surface area contributed by atoms with Crippen molar-refractivity contribution in [3.63, 3.8) is 0 Å². The topological polar surface area (TPSA) is 56.0 Å². The third-order valence-electron chi connectivity index (χ3n) is 3.97. The second kappa shape index (κ2) is 6.57. The highest BCUT2D eigenvalue weighted by atomic mass is 32.1. The van der Waals surface area contributed by atoms with Crippen LogP contribution in [0.25, 0.3) is 28.5 Å². The van der Waals surface area contributed by atoms with Crippen molar-refractivity contribution < 1.29 is 0 Å². The smallest absolute Gasteiger partial charge is 0.235 e. The Morgan fingerprint density at radius 2 is 1.72 bits per heavy atom. The van der Waals surface area contributed by atoms with E-state index in [1.165, 1.54) is 16.9 Å². The van der Waals surface area contributed by atoms with Crippen molar-refractivity contribution in [1.82, 2.24) is 24.8 Å². The van der Waals surface area contributed by atoms with Gasteiger partial charge in [-0.1, -0.05) is 55.5 Å². The van der Waals surface area contributed by atoms with Gasteiger partial charge in [-0.3, -0.25) is 4.98 Å². The van der Waals surface area contributed by atoms with Gasteiger partial charge in [-0.25, -0.2) is 0 Å². The molecule has 0 radical (unpaired) electrons. The van der Waals surface area contributed by atoms with Crippen LogP contribution in [0, 0.1) is 0 Å². The van der Waals surface area contributed by atoms with Crippen LogP contribution in [0.2, 0.25) is 0 Å². The van der Waals surface area contributed by atoms with Gasteiger partial charge in [0.05, 0.1) is 0 Å². The molecule has 0 saturated carbocycles. The summed E-state index contributed by atoms with van der Waals surface area (Å²) in [6.07, 6.45) is 7.57. The maximum atomic E-state index is 4.61. The van der Waals surface area contributed by atoms with Crippen molar-refractivity contribution in [3.05, 3.63) is 64.9 Å². The predicted molar refractivity (Wildman–Crippen MR) is 101 cm³/mol. The molecule has 0 aliphatic heterocycles. The molecule has 0 amide bonds. The number of hydrogen-bond donors (Lipinski definition) is 0. The lowest BCUT2D eigenvalue weighted by atomic mass is 10.0. The Hall–Kier alpha value is -2.86. The maximum Gasteiger partial charge on any atom is 0.235 e. The van der Waals surface area contributed by atoms with E-state index in [0.717, 1.165) is 26.9 Å². The van der Waals surface area contributed by atoms with Crippen LogP contribution >= 0.6 is 11.3 Å². The Labute approximate surface area is 149 Å². The standard InChI is InChI=1S/C19H17N5S/c1-13(2)15-6-3-14(4-7-15)5-8-17-23-24-18(21-22-19(24)25-17)16-9-11-20-12-10-16/h3-13H,1-2H3. The molecule has 0 spiro atoms. The number of fused-ring (bicyclic) bond motifs is 1. The Morgan fingerprint density at radius 1 is 0.960 bits per heavy atom. The van der Waals surface area contributed by atoms with Gasteiger partial charge in [-0.2, -0.15) is 9.61 Å². The SMILES string of the molecule is CC(C)c1ccc(C=Cc2nn3c(-c4ccncc4)nnc3s2)cc1. The van der Waals surface area contributed by atoms with Crippen molar-refractivity contribution in [2.24, 2.45) is 0 Å². The van der Waals surface area contributed by atoms with Gasteiger partial charge in [0.15, 0.2) is 5.82 Å². The molecule has 3 heterocycles. The van der Waals surface area contributed by atoms with E-state index in [9.17, 15) is 0 Å². The quantitative estimate of drug-likeness (QED) is 0.544. The lowest BCUT2D eigenvalue weighted by Crippen LogP contribution is -1.90. The highest BCUT2D eigenvalue weighted by molar-refractivity contribution is 7.17. The van der Waals surface area contributed by atoms with Crippen LogP contribution in [0.3, 0.4) is 0 Å². The molecule has 0 bridgehead atoms. The van der Waals surface area contributed by atoms with Crippen molar-refractivity contribution in [2.45, 2.75) is 19.8 Å². The van der Waals surface area contributed by atoms with Gasteiger partial charge < -0.3 is 0 Å². The average molecular weight is 347 g/mol. The Bertz CT molecular complexity index is 1010. The summed E-state index contributed by atoms with van der Waals surface area (Å²) >= 11 is 1.52. The van der Waals surface area contributed by atoms with E-state index in [0.29, 0.717) is 5.92 Å². The molecular formula is C19H17N5S. The monoisotopic (exact) mass is 347 g/mol. The second-order valence-corrected chi connectivity index (χ2v) is 7.04. The minimum Gasteiger partial charge on any atom is -0.265 e. The van der Waals surface area contributed by atoms with Crippen LogP contribution in [0.1, 0.15) is 35.9 Å². The molecule has 0 unspecified atom stereocenters. The first kappa shape index (κ1) is 15.7. The van der Waals surface area contributed by atoms with E-state index >= 15 is 0 Å². The number of hydrogen-bond acceptors (Lipinski definition) is 5. The van der Waals surface area contributed by atoms with Gasteiger partial charge >= 0.3 is 0 Å². The molecule has 0 fully saturated rings. The predicted octanol–water partition coefficient (Wildman–Crippen LogP) is 4.54. The van der Waals surface area contributed by atoms with Crippen LogP contribution in [0.4, 0.5) is 0 Å². The highest BCUT2D eigenvalue weighted by Gasteiger charge is 2.11. The molecule has 0 aliphatic rings. The molecule has 0 aliphatic carbocycles. The summed E-state index contributed by atoms with van der Waals surface area (Å²) in [4.78, 5) is 4.81. The Balaban J connectivity index is 1.61. The maximum absolute atomic E-state index is 4.61. The third-order valence-corrected chi connectivity index (χ3v) is 4.83. The molecule has 3 aromatic heterocycles. The third kappa shape index (κ3) is 3.21. The molecule has 6 heteroatoms. The van der Waals surface area contributed by atoms with Crippen molar-refractivity contribution in [2.75, 3.05) is 0 Å². The van der Waals surface area contributed by atoms with Crippen LogP contribution < -0.4 is 0 Å². The fourth-order valence-electron chi connectivity index (χ4n) is 2.54. The highest BCUT2D eigenvalue weighted by Crippen LogP contribution is 2.22. The summed E-state index contributed by atoms with van der Waals surface area (Å²) in [5.74, 6) is 1.28. The summed E-state index contributed by atoms with van der Waals surface area (Å²) in [5, 5.41) is 13.9. The van der Waals surface area contributed by atoms with Crippen molar-refractivity contribution in [1.29, 1.82) is 0 Å². The van der Waals surface area contributed by atoms with Crippen molar-refractivity contribution in [3.8, 4) is 11.4 Å². The molecule has 4 rings (SSSR count). The Kier molecular flexibility index (Phi) is 4.11. The molecule has 4 aromatic rings. The number of rotatable bonds is 4. The zero-order valence-corrected chi connectivity index (χ0v) is 14.8. The van der Waals surface area contributed by atoms with E-state index in [1.807, 2.05) is 18.2 Å². The fourth-order valence-corrected chi connectivity index (χ4v) is 3.28. The van der Waals surface area contributed by atoms with Gasteiger partial charge in [-0.05, 0) is 35.3 Å². The molecule has 5 nitrogen and oxygen atoms in total. The molecule has 0 atom stereocenters. The van der Waals surface area contributed by atoms with Crippen LogP contribution in [0.15, 0.2) is 48.8 Å². The normalized spacial score (nSPS) is 11.8. The van der Waals surface area contributed by atoms with E-state index in [4.69, 9.17) is 0 Å². The lowest BCUT2D eigenvalue weighted by Gasteiger charge is -2.04. The lowest BCUT2D eigenvalue weighted by molar-refractivity contribution is 0.866. The van der Waals surface area contributed by atoms with E-state index in [-0.39, 0.29) is 0 Å². The van der Waals surface area contributed by atoms with Crippen LogP contribution in [-0.4, -0.2) is 24.8 Å². The fraction of sp³-hybridized carbons (Fsp3) is 0.158. The number of pyridine rings is 1. The van der Waals surface area contributed by atoms with E-state index in [2.05, 4.69) is 64.5 Å². The van der Waals surface area contributed by atoms with E-state index in [1.54, 1.807) is 16.9 Å². The molecule has 1 aromatic carbocycles. The summed E-state index contributed by atoms with van der Waals surface area (Å²) in [6, 6.07) is 12.4. The average Bonchev–Trinajstić information content (AvgIpc) is 3.21. The summed E-state index contributed by atoms with van der Waals surface area (Å²) in [7, 11) is 0. The second-order valence-electron chi connectivity index (χ2n) is 6.05. The zero-order valence-electron chi connectivity index (χ0n) is 14.0. The molecular weight excluding hydrogens is 330 g/mol. The number of benzene rings is 1. The molecule has 0 saturated heterocycles. The van der Waals surface area contributed by atoms with Gasteiger partial charge in [0.2, 0.25) is 4.96 Å². The number of nitrogens with zero attached hydrogens (tertiary/aromatic N) is 5. The first-order valence-corrected chi connectivity index (χ1v) is 8.93. The van der Waals surface area contributed by atoms with Gasteiger partial charge in [0.1, 0.15) is 5.01 Å². The van der Waals surface area contributed by atoms with Crippen LogP contribution in [-0.2, 0) is 0 Å². The van der Waals surface area contributed by atoms with Crippen LogP contribution in [0.5, 0.6) is 0 Å². The van der Waals surface area contributed by atoms with Gasteiger partial charge in [0.25, 0.3) is 0 Å². The van der Waals surface area contributed by atoms with Gasteiger partial charge in [0, 0.05) is 18.0 Å². The summed E-state index contributed by atoms with van der Waals surface area (Å²) in [5.41, 5.74) is 3.45. The number of aromatic nitrogens is 5. The molecule has 124 valence electrons. The summed E-state index contributed by atoms with van der Waals surface area (Å²) in [6.45, 7) is 4.40.